The monoisotopic (exact) mass is 662 g/mol. The average Bonchev–Trinajstić information content (AvgIpc) is 3.97. The van der Waals surface area contributed by atoms with E-state index in [1.807, 2.05) is 60.7 Å². The van der Waals surface area contributed by atoms with Crippen molar-refractivity contribution in [2.45, 2.75) is 0 Å². The molecule has 0 unspecified atom stereocenters. The quantitative estimate of drug-likeness (QED) is 0.184. The number of nitrogens with zero attached hydrogens (tertiary/aromatic N) is 2. The zero-order valence-electron chi connectivity index (χ0n) is 38.7. The van der Waals surface area contributed by atoms with Gasteiger partial charge in [0.2, 0.25) is 0 Å². The van der Waals surface area contributed by atoms with Crippen LogP contribution < -0.4 is 0 Å². The Kier molecular flexibility index (Phi) is 3.99. The van der Waals surface area contributed by atoms with E-state index in [2.05, 4.69) is 4.57 Å². The van der Waals surface area contributed by atoms with Crippen molar-refractivity contribution in [1.82, 2.24) is 9.13 Å². The first kappa shape index (κ1) is 18.8. The number of hydrogen-bond donors (Lipinski definition) is 0. The maximum absolute atomic E-state index is 9.70. The maximum Gasteiger partial charge on any atom is 0.136 e. The van der Waals surface area contributed by atoms with Crippen LogP contribution in [0.3, 0.4) is 0 Å². The van der Waals surface area contributed by atoms with E-state index >= 15 is 0 Å². The number of para-hydroxylation sites is 3. The van der Waals surface area contributed by atoms with Gasteiger partial charge in [0.1, 0.15) is 11.2 Å². The van der Waals surface area contributed by atoms with Crippen LogP contribution in [0.15, 0.2) is 186 Å². The largest absolute Gasteiger partial charge is 0.456 e. The Morgan fingerprint density at radius 3 is 2.12 bits per heavy atom. The summed E-state index contributed by atoms with van der Waals surface area (Å²) in [6.45, 7) is 0. The summed E-state index contributed by atoms with van der Waals surface area (Å²) in [6, 6.07) is 29.2. The van der Waals surface area contributed by atoms with Crippen LogP contribution in [-0.2, 0) is 0 Å². The molecule has 51 heavy (non-hydrogen) atoms. The zero-order chi connectivity index (χ0) is 43.9. The minimum Gasteiger partial charge on any atom is -0.456 e. The Morgan fingerprint density at radius 2 is 1.20 bits per heavy atom. The van der Waals surface area contributed by atoms with Crippen LogP contribution in [-0.4, -0.2) is 9.13 Å². The van der Waals surface area contributed by atoms with E-state index in [0.717, 1.165) is 27.5 Å². The van der Waals surface area contributed by atoms with Gasteiger partial charge in [-0.15, -0.1) is 0 Å². The predicted molar refractivity (Wildman–Crippen MR) is 213 cm³/mol. The molecule has 3 heteroatoms. The molecular weight excluding hydrogens is 621 g/mol. The summed E-state index contributed by atoms with van der Waals surface area (Å²) in [5.74, 6) is 0. The molecule has 0 aliphatic rings. The maximum atomic E-state index is 9.70. The number of furan rings is 1. The van der Waals surface area contributed by atoms with Gasteiger partial charge in [0.15, 0.2) is 0 Å². The van der Waals surface area contributed by atoms with Crippen LogP contribution in [0.4, 0.5) is 0 Å². The Labute approximate surface area is 310 Å². The third-order valence-electron chi connectivity index (χ3n) is 9.64. The van der Waals surface area contributed by atoms with Crippen molar-refractivity contribution in [2.75, 3.05) is 0 Å². The smallest absolute Gasteiger partial charge is 0.136 e. The first-order valence-electron chi connectivity index (χ1n) is 22.5. The molecular formula is C48H30N2O. The third kappa shape index (κ3) is 4.19. The fourth-order valence-electron chi connectivity index (χ4n) is 7.45. The van der Waals surface area contributed by atoms with Crippen LogP contribution in [0.1, 0.15) is 16.4 Å². The molecule has 0 aliphatic carbocycles. The summed E-state index contributed by atoms with van der Waals surface area (Å²) in [5, 5.41) is 3.19. The van der Waals surface area contributed by atoms with E-state index in [-0.39, 0.29) is 75.2 Å². The molecule has 0 fully saturated rings. The number of fused-ring (bicyclic) bond motifs is 9. The SMILES string of the molecule is [2H]c1c([2H])c([2H])c(-c2cccc3oc4ccc(-n5c6ccccc6c6cc(-c7c([2H])c([2H])c8c(c7[2H])c7c([2H])c([2H])c([2H])c([2H])c7n8-c7ccccc7)ccc65)cc4c23)c([2H])c1[2H]. The first-order valence-corrected chi connectivity index (χ1v) is 16.5. The lowest BCUT2D eigenvalue weighted by atomic mass is 9.99. The van der Waals surface area contributed by atoms with Crippen molar-refractivity contribution in [2.24, 2.45) is 0 Å². The molecule has 0 N–H and O–H groups in total. The average molecular weight is 663 g/mol. The van der Waals surface area contributed by atoms with Gasteiger partial charge in [-0.25, -0.2) is 0 Å². The van der Waals surface area contributed by atoms with Crippen LogP contribution in [0.2, 0.25) is 0 Å². The summed E-state index contributed by atoms with van der Waals surface area (Å²) in [4.78, 5) is 0. The highest BCUT2D eigenvalue weighted by atomic mass is 16.3. The Balaban J connectivity index is 1.16. The molecule has 0 aliphatic heterocycles. The van der Waals surface area contributed by atoms with Gasteiger partial charge in [-0.1, -0.05) is 109 Å². The summed E-state index contributed by atoms with van der Waals surface area (Å²) < 4.78 is 116. The first-order chi connectivity index (χ1) is 30.3. The Morgan fingerprint density at radius 1 is 0.412 bits per heavy atom. The molecule has 0 bridgehead atoms. The van der Waals surface area contributed by atoms with Gasteiger partial charge in [-0.05, 0) is 95.0 Å². The topological polar surface area (TPSA) is 23.0 Å². The number of benzene rings is 8. The minimum atomic E-state index is -0.472. The molecule has 0 spiro atoms. The second-order valence-corrected chi connectivity index (χ2v) is 12.4. The van der Waals surface area contributed by atoms with E-state index in [0.29, 0.717) is 38.8 Å². The van der Waals surface area contributed by atoms with Gasteiger partial charge in [0, 0.05) is 43.7 Å². The molecule has 0 radical (unpaired) electrons. The molecule has 0 atom stereocenters. The fourth-order valence-corrected chi connectivity index (χ4v) is 7.45. The van der Waals surface area contributed by atoms with E-state index in [4.69, 9.17) is 16.8 Å². The van der Waals surface area contributed by atoms with E-state index in [1.54, 1.807) is 53.1 Å². The van der Waals surface area contributed by atoms with Crippen molar-refractivity contribution in [3.05, 3.63) is 182 Å². The van der Waals surface area contributed by atoms with E-state index < -0.39 is 30.2 Å². The molecule has 0 saturated carbocycles. The standard InChI is InChI=1S/C48H30N2O/c1-3-12-31(13-4-1)36-18-11-21-47-48(36)41-30-35(24-27-46(41)51-47)50-43-20-10-8-17-38(43)40-29-33(23-26-45(40)50)32-22-25-44-39(28-32)37-16-7-9-19-42(37)49(44)34-14-5-2-6-15-34/h1-30H/i1D,3D,4D,7D,9D,12D,13D,16D,19D,22D,25D,28D. The highest BCUT2D eigenvalue weighted by molar-refractivity contribution is 6.15. The van der Waals surface area contributed by atoms with Gasteiger partial charge < -0.3 is 13.6 Å². The summed E-state index contributed by atoms with van der Waals surface area (Å²) in [7, 11) is 0. The van der Waals surface area contributed by atoms with Crippen molar-refractivity contribution < 1.29 is 20.9 Å². The third-order valence-corrected chi connectivity index (χ3v) is 9.64. The van der Waals surface area contributed by atoms with Crippen LogP contribution >= 0.6 is 0 Å². The Hall–Kier alpha value is -6.84. The van der Waals surface area contributed by atoms with E-state index in [9.17, 15) is 4.11 Å². The molecule has 0 saturated heterocycles. The van der Waals surface area contributed by atoms with Crippen molar-refractivity contribution >= 4 is 65.6 Å². The number of rotatable bonds is 4. The predicted octanol–water partition coefficient (Wildman–Crippen LogP) is 13.1. The van der Waals surface area contributed by atoms with E-state index in [1.165, 1.54) is 0 Å². The van der Waals surface area contributed by atoms with Crippen LogP contribution in [0.25, 0.3) is 99.2 Å². The van der Waals surface area contributed by atoms with Gasteiger partial charge in [0.05, 0.1) is 38.5 Å². The molecule has 8 aromatic carbocycles. The summed E-state index contributed by atoms with van der Waals surface area (Å²) >= 11 is 0. The molecule has 11 rings (SSSR count). The second kappa shape index (κ2) is 10.8. The molecule has 3 aromatic heterocycles. The molecule has 3 heterocycles. The van der Waals surface area contributed by atoms with Crippen molar-refractivity contribution in [3.8, 4) is 33.6 Å². The zero-order valence-corrected chi connectivity index (χ0v) is 26.7. The molecule has 238 valence electrons. The summed E-state index contributed by atoms with van der Waals surface area (Å²) in [6.07, 6.45) is 0. The van der Waals surface area contributed by atoms with Crippen LogP contribution in [0, 0.1) is 0 Å². The Bertz CT molecular complexity index is 3800. The highest BCUT2D eigenvalue weighted by Crippen LogP contribution is 2.41. The number of aromatic nitrogens is 2. The number of hydrogen-bond acceptors (Lipinski definition) is 1. The van der Waals surface area contributed by atoms with Gasteiger partial charge >= 0.3 is 0 Å². The molecule has 0 amide bonds. The van der Waals surface area contributed by atoms with Gasteiger partial charge in [0.25, 0.3) is 0 Å². The van der Waals surface area contributed by atoms with Crippen molar-refractivity contribution in [1.29, 1.82) is 0 Å². The van der Waals surface area contributed by atoms with Gasteiger partial charge in [-0.2, -0.15) is 0 Å². The minimum absolute atomic E-state index is 0.0747. The second-order valence-electron chi connectivity index (χ2n) is 12.4. The van der Waals surface area contributed by atoms with Gasteiger partial charge in [-0.3, -0.25) is 0 Å². The fraction of sp³-hybridized carbons (Fsp3) is 0. The lowest BCUT2D eigenvalue weighted by molar-refractivity contribution is 0.669. The lowest BCUT2D eigenvalue weighted by Crippen LogP contribution is -1.93. The normalized spacial score (nSPS) is 15.2. The highest BCUT2D eigenvalue weighted by Gasteiger charge is 2.18. The lowest BCUT2D eigenvalue weighted by Gasteiger charge is -2.10. The van der Waals surface area contributed by atoms with Crippen LogP contribution in [0.5, 0.6) is 0 Å². The molecule has 3 nitrogen and oxygen atoms in total. The molecule has 11 aromatic rings. The van der Waals surface area contributed by atoms with Crippen molar-refractivity contribution in [3.63, 3.8) is 0 Å². The summed E-state index contributed by atoms with van der Waals surface area (Å²) in [5.41, 5.74) is 5.38.